The molecule has 0 unspecified atom stereocenters. The summed E-state index contributed by atoms with van der Waals surface area (Å²) in [5, 5.41) is 11.1. The van der Waals surface area contributed by atoms with Crippen molar-refractivity contribution in [1.29, 1.82) is 0 Å². The molecule has 1 aliphatic heterocycles. The van der Waals surface area contributed by atoms with Crippen molar-refractivity contribution in [2.24, 2.45) is 0 Å². The van der Waals surface area contributed by atoms with E-state index in [9.17, 15) is 23.3 Å². The highest BCUT2D eigenvalue weighted by Crippen LogP contribution is 2.37. The Balaban J connectivity index is 1.49. The highest BCUT2D eigenvalue weighted by atomic mass is 32.2. The molecule has 1 amide bonds. The van der Waals surface area contributed by atoms with Gasteiger partial charge in [0.25, 0.3) is 11.6 Å². The fourth-order valence-electron chi connectivity index (χ4n) is 4.02. The molecule has 1 heterocycles. The standard InChI is InChI=1S/C23H22N2O6S3/c1-15-7-12-19(14-20(15)25(27)28)34(29,30)31-18-10-8-16(9-11-18)13-21-22(26)24(23(32)33-21)17-5-3-2-4-6-17/h7-14,17H,2-6H2,1H3/b21-13+. The van der Waals surface area contributed by atoms with Crippen LogP contribution in [0.2, 0.25) is 0 Å². The van der Waals surface area contributed by atoms with E-state index in [1.165, 1.54) is 49.4 Å². The number of carbonyl (C=O) groups excluding carboxylic acids is 1. The van der Waals surface area contributed by atoms with Gasteiger partial charge in [0.05, 0.1) is 9.83 Å². The topological polar surface area (TPSA) is 107 Å². The minimum atomic E-state index is -4.26. The van der Waals surface area contributed by atoms with Crippen molar-refractivity contribution in [1.82, 2.24) is 4.90 Å². The van der Waals surface area contributed by atoms with Crippen LogP contribution in [0.3, 0.4) is 0 Å². The van der Waals surface area contributed by atoms with Crippen LogP contribution in [-0.4, -0.2) is 34.5 Å². The number of nitro groups is 1. The maximum absolute atomic E-state index is 12.9. The SMILES string of the molecule is Cc1ccc(S(=O)(=O)Oc2ccc(/C=C3/SC(=S)N(C4CCCCC4)C3=O)cc2)cc1[N+](=O)[O-]. The molecule has 0 atom stereocenters. The average molecular weight is 519 g/mol. The summed E-state index contributed by atoms with van der Waals surface area (Å²) in [5.74, 6) is -0.0408. The third-order valence-corrected chi connectivity index (χ3v) is 8.39. The van der Waals surface area contributed by atoms with Gasteiger partial charge in [0.1, 0.15) is 15.0 Å². The molecular formula is C23H22N2O6S3. The molecule has 4 rings (SSSR count). The highest BCUT2D eigenvalue weighted by Gasteiger charge is 2.37. The van der Waals surface area contributed by atoms with Crippen LogP contribution in [0.1, 0.15) is 43.2 Å². The summed E-state index contributed by atoms with van der Waals surface area (Å²) in [5.41, 5.74) is 0.743. The molecule has 0 aromatic heterocycles. The third kappa shape index (κ3) is 5.16. The van der Waals surface area contributed by atoms with E-state index in [1.54, 1.807) is 23.1 Å². The Hall–Kier alpha value is -2.76. The van der Waals surface area contributed by atoms with Gasteiger partial charge in [0.15, 0.2) is 0 Å². The van der Waals surface area contributed by atoms with Gasteiger partial charge in [-0.25, -0.2) is 0 Å². The van der Waals surface area contributed by atoms with E-state index < -0.39 is 15.0 Å². The Morgan fingerprint density at radius 3 is 2.47 bits per heavy atom. The molecule has 34 heavy (non-hydrogen) atoms. The number of benzene rings is 2. The van der Waals surface area contributed by atoms with Crippen LogP contribution < -0.4 is 4.18 Å². The molecule has 8 nitrogen and oxygen atoms in total. The van der Waals surface area contributed by atoms with Crippen LogP contribution in [0, 0.1) is 17.0 Å². The zero-order valence-electron chi connectivity index (χ0n) is 18.3. The van der Waals surface area contributed by atoms with Gasteiger partial charge < -0.3 is 4.18 Å². The van der Waals surface area contributed by atoms with E-state index in [0.29, 0.717) is 20.4 Å². The van der Waals surface area contributed by atoms with Crippen molar-refractivity contribution in [3.8, 4) is 5.75 Å². The maximum Gasteiger partial charge on any atom is 0.339 e. The van der Waals surface area contributed by atoms with Crippen LogP contribution in [0.25, 0.3) is 6.08 Å². The van der Waals surface area contributed by atoms with E-state index in [1.807, 2.05) is 0 Å². The first-order chi connectivity index (χ1) is 16.2. The predicted octanol–water partition coefficient (Wildman–Crippen LogP) is 5.20. The van der Waals surface area contributed by atoms with Crippen molar-refractivity contribution in [2.45, 2.75) is 50.0 Å². The van der Waals surface area contributed by atoms with E-state index in [0.717, 1.165) is 31.7 Å². The van der Waals surface area contributed by atoms with Crippen molar-refractivity contribution in [3.05, 3.63) is 68.6 Å². The van der Waals surface area contributed by atoms with Crippen LogP contribution in [0.15, 0.2) is 52.3 Å². The second-order valence-corrected chi connectivity index (χ2v) is 11.4. The molecule has 11 heteroatoms. The summed E-state index contributed by atoms with van der Waals surface area (Å²) in [4.78, 5) is 25.4. The van der Waals surface area contributed by atoms with E-state index in [4.69, 9.17) is 16.4 Å². The fraction of sp³-hybridized carbons (Fsp3) is 0.304. The summed E-state index contributed by atoms with van der Waals surface area (Å²) in [6, 6.07) is 9.97. The number of amides is 1. The lowest BCUT2D eigenvalue weighted by molar-refractivity contribution is -0.385. The number of hydrogen-bond donors (Lipinski definition) is 0. The molecule has 1 saturated heterocycles. The predicted molar refractivity (Wildman–Crippen MR) is 134 cm³/mol. The fourth-order valence-corrected chi connectivity index (χ4v) is 6.37. The number of aryl methyl sites for hydroxylation is 1. The first kappa shape index (κ1) is 24.4. The Morgan fingerprint density at radius 1 is 1.15 bits per heavy atom. The number of thiocarbonyl (C=S) groups is 1. The van der Waals surface area contributed by atoms with Gasteiger partial charge >= 0.3 is 10.1 Å². The molecule has 1 saturated carbocycles. The smallest absolute Gasteiger partial charge is 0.339 e. The molecule has 0 spiro atoms. The van der Waals surface area contributed by atoms with Crippen molar-refractivity contribution in [3.63, 3.8) is 0 Å². The molecule has 2 fully saturated rings. The minimum Gasteiger partial charge on any atom is -0.379 e. The van der Waals surface area contributed by atoms with Crippen LogP contribution >= 0.6 is 24.0 Å². The molecular weight excluding hydrogens is 496 g/mol. The molecule has 178 valence electrons. The quantitative estimate of drug-likeness (QED) is 0.169. The monoisotopic (exact) mass is 518 g/mol. The third-order valence-electron chi connectivity index (χ3n) is 5.81. The Bertz CT molecular complexity index is 1280. The van der Waals surface area contributed by atoms with Crippen LogP contribution in [0.4, 0.5) is 5.69 Å². The number of thioether (sulfide) groups is 1. The molecule has 0 bridgehead atoms. The summed E-state index contributed by atoms with van der Waals surface area (Å²) < 4.78 is 30.9. The Labute approximate surface area is 207 Å². The molecule has 0 N–H and O–H groups in total. The van der Waals surface area contributed by atoms with Crippen molar-refractivity contribution < 1.29 is 22.3 Å². The van der Waals surface area contributed by atoms with Gasteiger partial charge in [-0.05, 0) is 49.6 Å². The lowest BCUT2D eigenvalue weighted by Gasteiger charge is -2.29. The normalized spacial score (nSPS) is 18.5. The van der Waals surface area contributed by atoms with Gasteiger partial charge in [-0.3, -0.25) is 19.8 Å². The largest absolute Gasteiger partial charge is 0.379 e. The number of nitro benzene ring substituents is 1. The summed E-state index contributed by atoms with van der Waals surface area (Å²) >= 11 is 6.72. The highest BCUT2D eigenvalue weighted by molar-refractivity contribution is 8.26. The van der Waals surface area contributed by atoms with Gasteiger partial charge in [-0.2, -0.15) is 8.42 Å². The van der Waals surface area contributed by atoms with E-state index in [2.05, 4.69) is 0 Å². The Kier molecular flexibility index (Phi) is 7.06. The van der Waals surface area contributed by atoms with E-state index in [-0.39, 0.29) is 28.3 Å². The van der Waals surface area contributed by atoms with E-state index >= 15 is 0 Å². The van der Waals surface area contributed by atoms with Crippen molar-refractivity contribution in [2.75, 3.05) is 0 Å². The summed E-state index contributed by atoms with van der Waals surface area (Å²) in [6.45, 7) is 1.52. The number of rotatable bonds is 6. The number of nitrogens with zero attached hydrogens (tertiary/aromatic N) is 2. The van der Waals surface area contributed by atoms with Crippen LogP contribution in [0.5, 0.6) is 5.75 Å². The number of hydrogen-bond acceptors (Lipinski definition) is 8. The zero-order valence-corrected chi connectivity index (χ0v) is 20.7. The zero-order chi connectivity index (χ0) is 24.5. The van der Waals surface area contributed by atoms with Crippen molar-refractivity contribution >= 4 is 56.1 Å². The molecule has 2 aliphatic rings. The molecule has 2 aromatic rings. The molecule has 1 aliphatic carbocycles. The summed E-state index contributed by atoms with van der Waals surface area (Å²) in [6.07, 6.45) is 7.03. The van der Waals surface area contributed by atoms with Gasteiger partial charge in [0.2, 0.25) is 0 Å². The Morgan fingerprint density at radius 2 is 1.82 bits per heavy atom. The van der Waals surface area contributed by atoms with Crippen LogP contribution in [-0.2, 0) is 14.9 Å². The lowest BCUT2D eigenvalue weighted by Crippen LogP contribution is -2.39. The number of carbonyl (C=O) groups is 1. The summed E-state index contributed by atoms with van der Waals surface area (Å²) in [7, 11) is -4.26. The molecule has 2 aromatic carbocycles. The maximum atomic E-state index is 12.9. The van der Waals surface area contributed by atoms with Gasteiger partial charge in [-0.15, -0.1) is 0 Å². The average Bonchev–Trinajstić information content (AvgIpc) is 3.08. The second-order valence-electron chi connectivity index (χ2n) is 8.16. The minimum absolute atomic E-state index is 0.0510. The lowest BCUT2D eigenvalue weighted by atomic mass is 9.94. The first-order valence-electron chi connectivity index (χ1n) is 10.7. The van der Waals surface area contributed by atoms with Gasteiger partial charge in [0, 0.05) is 17.7 Å². The molecule has 0 radical (unpaired) electrons. The van der Waals surface area contributed by atoms with Gasteiger partial charge in [-0.1, -0.05) is 61.4 Å². The second kappa shape index (κ2) is 9.85. The first-order valence-corrected chi connectivity index (χ1v) is 13.4.